The smallest absolute Gasteiger partial charge is 0.870 e. The van der Waals surface area contributed by atoms with Gasteiger partial charge in [0.1, 0.15) is 24.2 Å². The number of carbonyl (C=O) groups excluding carboxylic acids is 9. The third-order valence-corrected chi connectivity index (χ3v) is 8.26. The molecule has 0 saturated carbocycles. The zero-order valence-corrected chi connectivity index (χ0v) is 42.2. The molecule has 0 rings (SSSR count). The summed E-state index contributed by atoms with van der Waals surface area (Å²) in [5.41, 5.74) is 41.2. The molecule has 0 saturated heterocycles. The summed E-state index contributed by atoms with van der Waals surface area (Å²) in [7, 11) is 0. The van der Waals surface area contributed by atoms with E-state index in [4.69, 9.17) is 48.4 Å². The van der Waals surface area contributed by atoms with Crippen LogP contribution in [0.5, 0.6) is 0 Å². The van der Waals surface area contributed by atoms with Gasteiger partial charge in [0.25, 0.3) is 0 Å². The van der Waals surface area contributed by atoms with Gasteiger partial charge in [-0.15, -0.1) is 0 Å². The molecule has 0 aromatic rings. The number of aliphatic carboxylic acids is 1. The minimum atomic E-state index is -1.26. The SMILES string of the molecule is CC(N)C(=O)NC(CCC(=O)C=[N+]=[N-])C(=O)O.CCOC(=O)C(CCC(=O)C=[N+]=[N-])NC(=O)C(C)N.CCOC(=O)C(CCC(=O)C=[N+]=[N-])NC(=O)C(CC(C)C)NC(=O)C(N)CC(C)C.[Na+].[OH-]. The maximum absolute atomic E-state index is 12.8. The number of carboxylic acid groups (broad SMARTS) is 1. The van der Waals surface area contributed by atoms with Crippen molar-refractivity contribution < 1.29 is 112 Å². The fourth-order valence-corrected chi connectivity index (χ4v) is 4.96. The summed E-state index contributed by atoms with van der Waals surface area (Å²) in [5.74, 6) is -5.90. The summed E-state index contributed by atoms with van der Waals surface area (Å²) >= 11 is 0. The normalized spacial score (nSPS) is 12.9. The molecular weight excluding hydrogens is 910 g/mol. The summed E-state index contributed by atoms with van der Waals surface area (Å²) < 4.78 is 9.75. The maximum Gasteiger partial charge on any atom is 1.00 e. The van der Waals surface area contributed by atoms with Crippen molar-refractivity contribution in [3.63, 3.8) is 0 Å². The molecule has 4 amide bonds. The molecule has 0 heterocycles. The van der Waals surface area contributed by atoms with Gasteiger partial charge in [0.15, 0.2) is 0 Å². The van der Waals surface area contributed by atoms with Crippen LogP contribution in [0.15, 0.2) is 0 Å². The number of Topliss-reactive ketones (excluding diaryl/α,β-unsaturated/α-hetero) is 3. The Kier molecular flexibility index (Phi) is 43.5. The third-order valence-electron chi connectivity index (χ3n) is 8.26. The Morgan fingerprint density at radius 3 is 1.13 bits per heavy atom. The summed E-state index contributed by atoms with van der Waals surface area (Å²) in [6.45, 7) is 14.1. The van der Waals surface area contributed by atoms with E-state index in [0.29, 0.717) is 19.1 Å². The topological polar surface area (TPSA) is 475 Å². The van der Waals surface area contributed by atoms with Crippen LogP contribution in [0, 0.1) is 11.8 Å². The van der Waals surface area contributed by atoms with Crippen LogP contribution < -0.4 is 68.0 Å². The minimum absolute atomic E-state index is 0. The van der Waals surface area contributed by atoms with Gasteiger partial charge in [0, 0.05) is 19.3 Å². The van der Waals surface area contributed by atoms with E-state index >= 15 is 0 Å². The number of carbonyl (C=O) groups is 10. The number of ether oxygens (including phenoxy) is 2. The van der Waals surface area contributed by atoms with Crippen molar-refractivity contribution in [3.8, 4) is 0 Å². The molecule has 0 radical (unpaired) electrons. The molecule has 12 N–H and O–H groups in total. The van der Waals surface area contributed by atoms with Crippen LogP contribution >= 0.6 is 0 Å². The largest absolute Gasteiger partial charge is 1.00 e. The molecule has 68 heavy (non-hydrogen) atoms. The molecule has 0 aliphatic rings. The van der Waals surface area contributed by atoms with Gasteiger partial charge >= 0.3 is 66.1 Å². The van der Waals surface area contributed by atoms with Crippen molar-refractivity contribution >= 4 is 77.5 Å². The van der Waals surface area contributed by atoms with Gasteiger partial charge in [-0.25, -0.2) is 14.4 Å². The van der Waals surface area contributed by atoms with E-state index in [1.54, 1.807) is 13.8 Å². The van der Waals surface area contributed by atoms with E-state index in [2.05, 4.69) is 35.6 Å². The van der Waals surface area contributed by atoms with Crippen LogP contribution in [0.3, 0.4) is 0 Å². The second kappa shape index (κ2) is 41.5. The Bertz CT molecular complexity index is 1800. The number of hydrogen-bond donors (Lipinski definition) is 8. The fraction of sp³-hybridized carbons (Fsp3) is 0.675. The van der Waals surface area contributed by atoms with E-state index in [0.717, 1.165) is 12.4 Å². The average Bonchev–Trinajstić information content (AvgIpc) is 3.22. The van der Waals surface area contributed by atoms with E-state index in [1.165, 1.54) is 13.8 Å². The van der Waals surface area contributed by atoms with Crippen LogP contribution in [0.25, 0.3) is 16.6 Å². The van der Waals surface area contributed by atoms with E-state index in [9.17, 15) is 47.9 Å². The summed E-state index contributed by atoms with van der Waals surface area (Å²) in [6.07, 6.45) is 2.51. The van der Waals surface area contributed by atoms with Crippen LogP contribution in [0.2, 0.25) is 0 Å². The predicted molar refractivity (Wildman–Crippen MR) is 237 cm³/mol. The number of nitrogens with one attached hydrogen (secondary N) is 4. The molecule has 27 nitrogen and oxygen atoms in total. The Balaban J connectivity index is -0.000000303. The van der Waals surface area contributed by atoms with Crippen LogP contribution in [-0.4, -0.2) is 158 Å². The summed E-state index contributed by atoms with van der Waals surface area (Å²) in [6, 6.07) is -6.45. The Hall–Kier alpha value is -5.72. The predicted octanol–water partition coefficient (Wildman–Crippen LogP) is -5.00. The summed E-state index contributed by atoms with van der Waals surface area (Å²) in [5, 5.41) is 18.6. The number of amides is 4. The zero-order valence-electron chi connectivity index (χ0n) is 40.2. The Labute approximate surface area is 416 Å². The second-order valence-corrected chi connectivity index (χ2v) is 15.3. The van der Waals surface area contributed by atoms with Crippen molar-refractivity contribution in [3.05, 3.63) is 16.6 Å². The monoisotopic (exact) mass is 977 g/mol. The van der Waals surface area contributed by atoms with Gasteiger partial charge in [-0.3, -0.25) is 33.6 Å². The number of hydrogen-bond acceptors (Lipinski definition) is 16. The van der Waals surface area contributed by atoms with E-state index < -0.39 is 101 Å². The van der Waals surface area contributed by atoms with E-state index in [-0.39, 0.29) is 98.6 Å². The van der Waals surface area contributed by atoms with Gasteiger partial charge < -0.3 is 75.1 Å². The summed E-state index contributed by atoms with van der Waals surface area (Å²) in [4.78, 5) is 124. The number of nitrogens with two attached hydrogens (primary N) is 3. The molecule has 0 fully saturated rings. The van der Waals surface area contributed by atoms with Crippen molar-refractivity contribution in [2.45, 2.75) is 149 Å². The molecular formula is C40H68N13NaO14. The first-order valence-electron chi connectivity index (χ1n) is 21.0. The molecule has 0 aliphatic carbocycles. The van der Waals surface area contributed by atoms with Gasteiger partial charge in [-0.05, 0) is 71.6 Å². The number of nitrogens with zero attached hydrogens (tertiary/aromatic N) is 6. The number of carboxylic acids is 1. The molecule has 0 aromatic heterocycles. The Morgan fingerprint density at radius 2 is 0.838 bits per heavy atom. The van der Waals surface area contributed by atoms with Crippen molar-refractivity contribution in [1.29, 1.82) is 0 Å². The molecule has 0 aliphatic heterocycles. The molecule has 0 aromatic carbocycles. The van der Waals surface area contributed by atoms with Gasteiger partial charge in [-0.1, -0.05) is 27.7 Å². The van der Waals surface area contributed by atoms with Gasteiger partial charge in [0.2, 0.25) is 41.0 Å². The van der Waals surface area contributed by atoms with Crippen molar-refractivity contribution in [2.75, 3.05) is 13.2 Å². The molecule has 0 bridgehead atoms. The molecule has 378 valence electrons. The van der Waals surface area contributed by atoms with Crippen LogP contribution in [0.1, 0.15) is 107 Å². The number of rotatable bonds is 29. The first-order valence-corrected chi connectivity index (χ1v) is 21.0. The number of esters is 2. The minimum Gasteiger partial charge on any atom is -0.870 e. The molecule has 7 atom stereocenters. The molecule has 0 spiro atoms. The standard InChI is InChI=1S/C20H35N5O5.C11H18N4O4.C9H14N4O4.Na.H2O/c1-6-30-20(29)16(8-7-14(26)11-23-22)24-19(28)17(10-13(4)5)25-18(27)15(21)9-12(2)3;1-3-19-11(18)9(15-10(17)7(2)12)5-4-8(16)6-14-13;1-5(10)8(15)13-7(9(16)17)3-2-6(14)4-12-11;;/h11-13,15-17H,6-10,21H2,1-5H3,(H,24,28)(H,25,27);6-7,9H,3-5,12H2,1-2H3,(H,15,17);4-5,7H,2-3,10H2,1H3,(H,13,15)(H,16,17);;1H2/q;;;+1;/p-1. The first kappa shape index (κ1) is 71.3. The fourth-order valence-electron chi connectivity index (χ4n) is 4.96. The van der Waals surface area contributed by atoms with Gasteiger partial charge in [-0.2, -0.15) is 14.4 Å². The maximum atomic E-state index is 12.8. The molecule has 7 unspecified atom stereocenters. The van der Waals surface area contributed by atoms with E-state index in [1.807, 2.05) is 27.7 Å². The third kappa shape index (κ3) is 36.4. The van der Waals surface area contributed by atoms with Crippen LogP contribution in [-0.2, 0) is 57.4 Å². The molecule has 28 heteroatoms. The van der Waals surface area contributed by atoms with Crippen molar-refractivity contribution in [2.24, 2.45) is 29.0 Å². The average molecular weight is 978 g/mol. The first-order chi connectivity index (χ1) is 30.8. The zero-order chi connectivity index (χ0) is 51.5. The van der Waals surface area contributed by atoms with Crippen molar-refractivity contribution in [1.82, 2.24) is 21.3 Å². The second-order valence-electron chi connectivity index (χ2n) is 15.3. The Morgan fingerprint density at radius 1 is 0.529 bits per heavy atom. The van der Waals surface area contributed by atoms with Crippen LogP contribution in [0.4, 0.5) is 0 Å². The van der Waals surface area contributed by atoms with Gasteiger partial charge in [0.05, 0.1) is 31.3 Å². The number of ketones is 3. The quantitative estimate of drug-likeness (QED) is 0.0114.